The predicted molar refractivity (Wildman–Crippen MR) is 130 cm³/mol. The summed E-state index contributed by atoms with van der Waals surface area (Å²) in [5.41, 5.74) is 3.17. The van der Waals surface area contributed by atoms with Gasteiger partial charge in [0.15, 0.2) is 20.5 Å². The number of allylic oxidation sites excluding steroid dienone is 1. The molecule has 2 aromatic carbocycles. The Morgan fingerprint density at radius 3 is 2.28 bits per heavy atom. The molecule has 0 spiro atoms. The van der Waals surface area contributed by atoms with Gasteiger partial charge in [-0.05, 0) is 54.1 Å². The minimum atomic E-state index is -4.78. The van der Waals surface area contributed by atoms with Crippen LogP contribution in [-0.2, 0) is 39.9 Å². The van der Waals surface area contributed by atoms with Gasteiger partial charge >= 0.3 is 10.4 Å². The normalized spacial score (nSPS) is 14.9. The van der Waals surface area contributed by atoms with Gasteiger partial charge in [0.05, 0.1) is 27.8 Å². The lowest BCUT2D eigenvalue weighted by Gasteiger charge is -2.16. The van der Waals surface area contributed by atoms with Crippen LogP contribution in [0.3, 0.4) is 0 Å². The van der Waals surface area contributed by atoms with Crippen molar-refractivity contribution in [2.45, 2.75) is 11.8 Å². The molecule has 36 heavy (non-hydrogen) atoms. The van der Waals surface area contributed by atoms with Gasteiger partial charge in [-0.3, -0.25) is 19.6 Å². The number of rotatable bonds is 9. The molecule has 0 aliphatic heterocycles. The first-order valence-corrected chi connectivity index (χ1v) is 14.1. The summed E-state index contributed by atoms with van der Waals surface area (Å²) < 4.78 is 81.7. The highest BCUT2D eigenvalue weighted by Gasteiger charge is 2.28. The van der Waals surface area contributed by atoms with Crippen LogP contribution in [0.25, 0.3) is 6.08 Å². The molecule has 0 heterocycles. The summed E-state index contributed by atoms with van der Waals surface area (Å²) in [6.45, 7) is 0.518. The van der Waals surface area contributed by atoms with Crippen LogP contribution in [0.2, 0.25) is 0 Å². The second-order valence-electron chi connectivity index (χ2n) is 7.26. The summed E-state index contributed by atoms with van der Waals surface area (Å²) in [5, 5.41) is 6.45. The molecule has 0 unspecified atom stereocenters. The molecule has 0 saturated heterocycles. The first-order valence-electron chi connectivity index (χ1n) is 9.88. The highest BCUT2D eigenvalue weighted by molar-refractivity contribution is 7.91. The Hall–Kier alpha value is -3.44. The van der Waals surface area contributed by atoms with E-state index in [1.165, 1.54) is 55.5 Å². The fraction of sp³-hybridized carbons (Fsp3) is 0.150. The lowest BCUT2D eigenvalue weighted by Crippen LogP contribution is -2.24. The van der Waals surface area contributed by atoms with Crippen LogP contribution < -0.4 is 10.7 Å². The van der Waals surface area contributed by atoms with Crippen molar-refractivity contribution in [1.82, 2.24) is 0 Å². The Morgan fingerprint density at radius 2 is 1.69 bits per heavy atom. The van der Waals surface area contributed by atoms with Gasteiger partial charge in [-0.25, -0.2) is 21.0 Å². The molecule has 2 aromatic rings. The molecule has 0 aromatic heterocycles. The van der Waals surface area contributed by atoms with Crippen LogP contribution in [0.15, 0.2) is 57.4 Å². The maximum Gasteiger partial charge on any atom is 0.397 e. The molecule has 13 nitrogen and oxygen atoms in total. The van der Waals surface area contributed by atoms with Crippen LogP contribution in [0.5, 0.6) is 0 Å². The average Bonchev–Trinajstić information content (AvgIpc) is 2.77. The van der Waals surface area contributed by atoms with Gasteiger partial charge in [-0.2, -0.15) is 13.5 Å². The topological polar surface area (TPSA) is 202 Å². The lowest BCUT2D eigenvalue weighted by molar-refractivity contribution is -0.114. The number of Topliss-reactive ketones (excluding diaryl/α,β-unsaturated/α-hetero) is 1. The zero-order valence-corrected chi connectivity index (χ0v) is 20.9. The third-order valence-corrected chi connectivity index (χ3v) is 7.55. The van der Waals surface area contributed by atoms with Gasteiger partial charge in [0.2, 0.25) is 11.7 Å². The number of amides is 1. The van der Waals surface area contributed by atoms with Crippen molar-refractivity contribution in [2.24, 2.45) is 5.10 Å². The zero-order chi connectivity index (χ0) is 26.7. The lowest BCUT2D eigenvalue weighted by atomic mass is 9.94. The molecule has 0 saturated carbocycles. The van der Waals surface area contributed by atoms with Gasteiger partial charge in [0.1, 0.15) is 5.71 Å². The first kappa shape index (κ1) is 27.2. The third-order valence-electron chi connectivity index (χ3n) is 4.66. The van der Waals surface area contributed by atoms with Crippen LogP contribution >= 0.6 is 0 Å². The van der Waals surface area contributed by atoms with Crippen molar-refractivity contribution >= 4 is 65.8 Å². The van der Waals surface area contributed by atoms with E-state index in [1.807, 2.05) is 0 Å². The number of anilines is 2. The Bertz CT molecular complexity index is 1570. The van der Waals surface area contributed by atoms with Crippen LogP contribution in [0.1, 0.15) is 22.8 Å². The molecular weight excluding hydrogens is 538 g/mol. The van der Waals surface area contributed by atoms with E-state index in [9.17, 15) is 34.8 Å². The maximum absolute atomic E-state index is 12.9. The van der Waals surface area contributed by atoms with Crippen LogP contribution in [-0.4, -0.2) is 59.6 Å². The number of carbonyl (C=O) groups excluding carboxylic acids is 2. The predicted octanol–water partition coefficient (Wildman–Crippen LogP) is 0.855. The van der Waals surface area contributed by atoms with E-state index in [0.29, 0.717) is 5.69 Å². The van der Waals surface area contributed by atoms with Gasteiger partial charge in [0, 0.05) is 18.2 Å². The largest absolute Gasteiger partial charge is 0.397 e. The number of fused-ring (bicyclic) bond motifs is 1. The molecule has 1 amide bonds. The van der Waals surface area contributed by atoms with E-state index in [0.717, 1.165) is 0 Å². The second kappa shape index (κ2) is 10.7. The first-order chi connectivity index (χ1) is 16.8. The average molecular weight is 558 g/mol. The highest BCUT2D eigenvalue weighted by atomic mass is 32.3. The van der Waals surface area contributed by atoms with E-state index in [1.54, 1.807) is 0 Å². The van der Waals surface area contributed by atoms with Crippen LogP contribution in [0, 0.1) is 0 Å². The monoisotopic (exact) mass is 557 g/mol. The standard InChI is InChI=1S/C20H19N3O10S3/c1-12(24)21-15-4-7-17-13(10-15)11-18(34(26)27)19(20(17)25)23-22-14-2-5-16(6-3-14)35(28,29)9-8-33-36(30,31)32/h2-7,10-11,22,34H,8-9H2,1H3,(H,21,24)(H,30,31,32)/b23-19-. The summed E-state index contributed by atoms with van der Waals surface area (Å²) >= 11 is 0. The molecule has 0 atom stereocenters. The fourth-order valence-corrected chi connectivity index (χ4v) is 5.16. The number of hydrazone groups is 1. The number of ketones is 1. The summed E-state index contributed by atoms with van der Waals surface area (Å²) in [6, 6.07) is 9.31. The maximum atomic E-state index is 12.9. The number of hydrogen-bond acceptors (Lipinski definition) is 11. The Labute approximate surface area is 207 Å². The molecule has 192 valence electrons. The van der Waals surface area contributed by atoms with Crippen molar-refractivity contribution in [3.63, 3.8) is 0 Å². The van der Waals surface area contributed by atoms with E-state index in [2.05, 4.69) is 20.0 Å². The third kappa shape index (κ3) is 6.82. The van der Waals surface area contributed by atoms with E-state index >= 15 is 0 Å². The van der Waals surface area contributed by atoms with Crippen molar-refractivity contribution in [3.05, 3.63) is 58.5 Å². The number of hydrogen-bond donors (Lipinski definition) is 4. The molecule has 3 rings (SSSR count). The van der Waals surface area contributed by atoms with Gasteiger partial charge < -0.3 is 5.32 Å². The molecule has 0 bridgehead atoms. The number of nitrogens with one attached hydrogen (secondary N) is 2. The van der Waals surface area contributed by atoms with Crippen LogP contribution in [0.4, 0.5) is 11.4 Å². The number of nitrogens with zero attached hydrogens (tertiary/aromatic N) is 1. The molecule has 0 radical (unpaired) electrons. The Morgan fingerprint density at radius 1 is 1.06 bits per heavy atom. The summed E-state index contributed by atoms with van der Waals surface area (Å²) in [5.74, 6) is -1.74. The number of carbonyl (C=O) groups is 2. The second-order valence-corrected chi connectivity index (χ2v) is 11.5. The highest BCUT2D eigenvalue weighted by Crippen LogP contribution is 2.26. The van der Waals surface area contributed by atoms with Crippen molar-refractivity contribution in [3.8, 4) is 0 Å². The number of thiol groups is 1. The smallest absolute Gasteiger partial charge is 0.326 e. The van der Waals surface area contributed by atoms with Crippen molar-refractivity contribution in [1.29, 1.82) is 0 Å². The summed E-state index contributed by atoms with van der Waals surface area (Å²) in [7, 11) is -11.9. The van der Waals surface area contributed by atoms with Gasteiger partial charge in [-0.15, -0.1) is 0 Å². The molecular formula is C20H19N3O10S3. The SMILES string of the molecule is CC(=O)Nc1ccc2c(c1)C=C([SH](=O)=O)/C(=N/Nc1ccc(S(=O)(=O)CCOS(=O)(=O)O)cc1)C2=O. The van der Waals surface area contributed by atoms with Gasteiger partial charge in [-0.1, -0.05) is 0 Å². The van der Waals surface area contributed by atoms with E-state index in [4.69, 9.17) is 4.55 Å². The van der Waals surface area contributed by atoms with Crippen molar-refractivity contribution < 1.29 is 43.6 Å². The molecule has 1 aliphatic rings. The van der Waals surface area contributed by atoms with Crippen molar-refractivity contribution in [2.75, 3.05) is 23.1 Å². The number of benzene rings is 2. The molecule has 1 aliphatic carbocycles. The fourth-order valence-electron chi connectivity index (χ4n) is 3.10. The minimum absolute atomic E-state index is 0.166. The molecule has 16 heteroatoms. The Kier molecular flexibility index (Phi) is 8.05. The molecule has 3 N–H and O–H groups in total. The quantitative estimate of drug-likeness (QED) is 0.193. The van der Waals surface area contributed by atoms with Gasteiger partial charge in [0.25, 0.3) is 0 Å². The summed E-state index contributed by atoms with van der Waals surface area (Å²) in [4.78, 5) is 23.7. The number of sulfone groups is 1. The Balaban J connectivity index is 1.82. The van der Waals surface area contributed by atoms with E-state index < -0.39 is 49.1 Å². The molecule has 0 fully saturated rings. The minimum Gasteiger partial charge on any atom is -0.326 e. The summed E-state index contributed by atoms with van der Waals surface area (Å²) in [6.07, 6.45) is 1.25. The van der Waals surface area contributed by atoms with E-state index in [-0.39, 0.29) is 38.2 Å². The zero-order valence-electron chi connectivity index (χ0n) is 18.4.